The molecule has 1 atom stereocenters. The van der Waals surface area contributed by atoms with E-state index in [9.17, 15) is 0 Å². The Morgan fingerprint density at radius 2 is 2.33 bits per heavy atom. The Hall–Kier alpha value is -1.73. The molecule has 18 heavy (non-hydrogen) atoms. The molecule has 0 bridgehead atoms. The van der Waals surface area contributed by atoms with E-state index in [0.717, 1.165) is 11.0 Å². The zero-order valence-electron chi connectivity index (χ0n) is 10.5. The highest BCUT2D eigenvalue weighted by Gasteiger charge is 2.12. The van der Waals surface area contributed by atoms with Crippen LogP contribution in [0.3, 0.4) is 0 Å². The van der Waals surface area contributed by atoms with Crippen molar-refractivity contribution >= 4 is 16.9 Å². The number of ether oxygens (including phenoxy) is 1. The first kappa shape index (κ1) is 12.7. The molecule has 98 valence electrons. The zero-order valence-corrected chi connectivity index (χ0v) is 10.5. The lowest BCUT2D eigenvalue weighted by Gasteiger charge is -2.17. The van der Waals surface area contributed by atoms with Crippen LogP contribution in [-0.4, -0.2) is 51.2 Å². The second-order valence-corrected chi connectivity index (χ2v) is 4.04. The number of aliphatic hydroxyl groups is 1. The number of hydrogen-bond donors (Lipinski definition) is 2. The number of aliphatic hydroxyl groups excluding tert-OH is 1. The summed E-state index contributed by atoms with van der Waals surface area (Å²) >= 11 is 0. The standard InChI is InChI=1S/C11H17N5O2/c1-16-11-9(5-14-16)10(12-7-13-11)15-8(3-4-17)6-18-2/h5,7-8,17H,3-4,6H2,1-2H3,(H,12,13,15). The van der Waals surface area contributed by atoms with Crippen LogP contribution in [0.15, 0.2) is 12.5 Å². The molecule has 2 aromatic heterocycles. The van der Waals surface area contributed by atoms with Crippen molar-refractivity contribution in [3.05, 3.63) is 12.5 Å². The molecule has 0 aliphatic rings. The van der Waals surface area contributed by atoms with Gasteiger partial charge in [0.2, 0.25) is 0 Å². The van der Waals surface area contributed by atoms with E-state index in [1.807, 2.05) is 7.05 Å². The lowest BCUT2D eigenvalue weighted by Crippen LogP contribution is -2.26. The van der Waals surface area contributed by atoms with Crippen molar-refractivity contribution in [1.82, 2.24) is 19.7 Å². The van der Waals surface area contributed by atoms with Crippen molar-refractivity contribution in [2.45, 2.75) is 12.5 Å². The van der Waals surface area contributed by atoms with E-state index in [4.69, 9.17) is 9.84 Å². The second-order valence-electron chi connectivity index (χ2n) is 4.04. The van der Waals surface area contributed by atoms with Gasteiger partial charge >= 0.3 is 0 Å². The fraction of sp³-hybridized carbons (Fsp3) is 0.545. The van der Waals surface area contributed by atoms with Crippen LogP contribution in [0.2, 0.25) is 0 Å². The van der Waals surface area contributed by atoms with E-state index in [-0.39, 0.29) is 12.6 Å². The van der Waals surface area contributed by atoms with Gasteiger partial charge in [-0.05, 0) is 6.42 Å². The van der Waals surface area contributed by atoms with Crippen LogP contribution in [0.4, 0.5) is 5.82 Å². The maximum atomic E-state index is 9.01. The molecule has 2 aromatic rings. The first-order valence-electron chi connectivity index (χ1n) is 5.75. The molecule has 2 heterocycles. The highest BCUT2D eigenvalue weighted by molar-refractivity contribution is 5.86. The molecule has 0 saturated carbocycles. The van der Waals surface area contributed by atoms with Crippen molar-refractivity contribution < 1.29 is 9.84 Å². The highest BCUT2D eigenvalue weighted by Crippen LogP contribution is 2.19. The number of fused-ring (bicyclic) bond motifs is 1. The van der Waals surface area contributed by atoms with Crippen molar-refractivity contribution in [3.63, 3.8) is 0 Å². The third-order valence-corrected chi connectivity index (χ3v) is 2.72. The number of anilines is 1. The van der Waals surface area contributed by atoms with Crippen LogP contribution in [-0.2, 0) is 11.8 Å². The Morgan fingerprint density at radius 3 is 3.06 bits per heavy atom. The van der Waals surface area contributed by atoms with E-state index >= 15 is 0 Å². The second kappa shape index (κ2) is 5.74. The van der Waals surface area contributed by atoms with Gasteiger partial charge in [0.1, 0.15) is 12.1 Å². The van der Waals surface area contributed by atoms with Gasteiger partial charge in [-0.3, -0.25) is 4.68 Å². The number of nitrogens with zero attached hydrogens (tertiary/aromatic N) is 4. The minimum atomic E-state index is 0.0123. The van der Waals surface area contributed by atoms with Crippen molar-refractivity contribution in [2.75, 3.05) is 25.6 Å². The maximum absolute atomic E-state index is 9.01. The summed E-state index contributed by atoms with van der Waals surface area (Å²) in [5.74, 6) is 0.712. The van der Waals surface area contributed by atoms with Crippen LogP contribution in [0.5, 0.6) is 0 Å². The maximum Gasteiger partial charge on any atom is 0.163 e. The Bertz CT molecular complexity index is 507. The largest absolute Gasteiger partial charge is 0.396 e. The van der Waals surface area contributed by atoms with Gasteiger partial charge in [0, 0.05) is 20.8 Å². The third-order valence-electron chi connectivity index (χ3n) is 2.72. The molecule has 0 saturated heterocycles. The van der Waals surface area contributed by atoms with Gasteiger partial charge in [-0.2, -0.15) is 5.10 Å². The predicted octanol–water partition coefficient (Wildman–Crippen LogP) is 0.173. The lowest BCUT2D eigenvalue weighted by atomic mass is 10.2. The zero-order chi connectivity index (χ0) is 13.0. The molecular formula is C11H17N5O2. The average Bonchev–Trinajstić information content (AvgIpc) is 2.73. The Kier molecular flexibility index (Phi) is 4.06. The van der Waals surface area contributed by atoms with E-state index in [0.29, 0.717) is 18.8 Å². The number of aromatic nitrogens is 4. The highest BCUT2D eigenvalue weighted by atomic mass is 16.5. The van der Waals surface area contributed by atoms with Gasteiger partial charge in [0.15, 0.2) is 5.65 Å². The van der Waals surface area contributed by atoms with Gasteiger partial charge in [0.05, 0.1) is 24.2 Å². The smallest absolute Gasteiger partial charge is 0.163 e. The molecule has 0 aliphatic heterocycles. The van der Waals surface area contributed by atoms with E-state index in [1.54, 1.807) is 18.0 Å². The van der Waals surface area contributed by atoms with Crippen LogP contribution < -0.4 is 5.32 Å². The fourth-order valence-corrected chi connectivity index (χ4v) is 1.82. The van der Waals surface area contributed by atoms with Gasteiger partial charge in [-0.25, -0.2) is 9.97 Å². The molecule has 0 fully saturated rings. The monoisotopic (exact) mass is 251 g/mol. The molecule has 0 aromatic carbocycles. The molecule has 7 nitrogen and oxygen atoms in total. The van der Waals surface area contributed by atoms with Gasteiger partial charge in [-0.1, -0.05) is 0 Å². The van der Waals surface area contributed by atoms with Crippen LogP contribution >= 0.6 is 0 Å². The summed E-state index contributed by atoms with van der Waals surface area (Å²) < 4.78 is 6.80. The SMILES string of the molecule is COCC(CCO)Nc1ncnc2c1cnn2C. The van der Waals surface area contributed by atoms with E-state index in [2.05, 4.69) is 20.4 Å². The minimum Gasteiger partial charge on any atom is -0.396 e. The third kappa shape index (κ3) is 2.57. The van der Waals surface area contributed by atoms with Gasteiger partial charge in [-0.15, -0.1) is 0 Å². The molecule has 2 rings (SSSR count). The molecular weight excluding hydrogens is 234 g/mol. The summed E-state index contributed by atoms with van der Waals surface area (Å²) in [5, 5.41) is 17.3. The Morgan fingerprint density at radius 1 is 1.50 bits per heavy atom. The van der Waals surface area contributed by atoms with Crippen LogP contribution in [0, 0.1) is 0 Å². The predicted molar refractivity (Wildman–Crippen MR) is 67.3 cm³/mol. The number of nitrogens with one attached hydrogen (secondary N) is 1. The van der Waals surface area contributed by atoms with Crippen molar-refractivity contribution in [1.29, 1.82) is 0 Å². The van der Waals surface area contributed by atoms with Gasteiger partial charge < -0.3 is 15.2 Å². The number of rotatable bonds is 6. The summed E-state index contributed by atoms with van der Waals surface area (Å²) in [5.41, 5.74) is 0.771. The molecule has 0 amide bonds. The Balaban J connectivity index is 2.24. The normalized spacial score (nSPS) is 12.8. The lowest BCUT2D eigenvalue weighted by molar-refractivity contribution is 0.170. The molecule has 1 unspecified atom stereocenters. The van der Waals surface area contributed by atoms with Gasteiger partial charge in [0.25, 0.3) is 0 Å². The molecule has 0 spiro atoms. The summed E-state index contributed by atoms with van der Waals surface area (Å²) in [6.45, 7) is 0.606. The Labute approximate surface area is 105 Å². The van der Waals surface area contributed by atoms with Crippen LogP contribution in [0.25, 0.3) is 11.0 Å². The van der Waals surface area contributed by atoms with E-state index < -0.39 is 0 Å². The van der Waals surface area contributed by atoms with Crippen LogP contribution in [0.1, 0.15) is 6.42 Å². The topological polar surface area (TPSA) is 85.1 Å². The quantitative estimate of drug-likeness (QED) is 0.761. The molecule has 7 heteroatoms. The first-order chi connectivity index (χ1) is 8.76. The fourth-order valence-electron chi connectivity index (χ4n) is 1.82. The van der Waals surface area contributed by atoms with Crippen molar-refractivity contribution in [3.8, 4) is 0 Å². The van der Waals surface area contributed by atoms with E-state index in [1.165, 1.54) is 6.33 Å². The summed E-state index contributed by atoms with van der Waals surface area (Å²) in [7, 11) is 3.46. The van der Waals surface area contributed by atoms with Crippen molar-refractivity contribution in [2.24, 2.45) is 7.05 Å². The minimum absolute atomic E-state index is 0.0123. The number of aryl methyl sites for hydroxylation is 1. The summed E-state index contributed by atoms with van der Waals surface area (Å²) in [6, 6.07) is 0.0123. The summed E-state index contributed by atoms with van der Waals surface area (Å²) in [4.78, 5) is 8.38. The number of methoxy groups -OCH3 is 1. The average molecular weight is 251 g/mol. The number of hydrogen-bond acceptors (Lipinski definition) is 6. The molecule has 0 radical (unpaired) electrons. The summed E-state index contributed by atoms with van der Waals surface area (Å²) in [6.07, 6.45) is 3.81. The molecule has 0 aliphatic carbocycles. The first-order valence-corrected chi connectivity index (χ1v) is 5.75. The molecule has 2 N–H and O–H groups in total.